The van der Waals surface area contributed by atoms with Crippen molar-refractivity contribution in [3.63, 3.8) is 0 Å². The molecule has 0 saturated carbocycles. The second-order valence-electron chi connectivity index (χ2n) is 4.92. The van der Waals surface area contributed by atoms with Crippen molar-refractivity contribution in [2.75, 3.05) is 13.1 Å². The predicted octanol–water partition coefficient (Wildman–Crippen LogP) is 2.77. The number of benzene rings is 1. The summed E-state index contributed by atoms with van der Waals surface area (Å²) in [6.45, 7) is 3.44. The fourth-order valence-corrected chi connectivity index (χ4v) is 2.44. The molecule has 1 fully saturated rings. The molecule has 0 amide bonds. The summed E-state index contributed by atoms with van der Waals surface area (Å²) in [4.78, 5) is 13.4. The summed E-state index contributed by atoms with van der Waals surface area (Å²) >= 11 is 0. The van der Waals surface area contributed by atoms with E-state index >= 15 is 0 Å². The van der Waals surface area contributed by atoms with Crippen molar-refractivity contribution in [1.82, 2.24) is 4.90 Å². The van der Waals surface area contributed by atoms with Crippen molar-refractivity contribution in [3.8, 4) is 0 Å². The van der Waals surface area contributed by atoms with E-state index in [0.717, 1.165) is 31.5 Å². The van der Waals surface area contributed by atoms with Gasteiger partial charge in [-0.05, 0) is 44.5 Å². The lowest BCUT2D eigenvalue weighted by Crippen LogP contribution is -2.37. The number of nitrogens with zero attached hydrogens (tertiary/aromatic N) is 1. The lowest BCUT2D eigenvalue weighted by atomic mass is 9.94. The summed E-state index contributed by atoms with van der Waals surface area (Å²) in [6, 6.07) is 3.50. The number of halogens is 2. The van der Waals surface area contributed by atoms with Crippen molar-refractivity contribution >= 4 is 5.78 Å². The third kappa shape index (κ3) is 3.13. The van der Waals surface area contributed by atoms with Crippen LogP contribution in [0.3, 0.4) is 0 Å². The van der Waals surface area contributed by atoms with Gasteiger partial charge in [0, 0.05) is 24.6 Å². The Kier molecular flexibility index (Phi) is 4.07. The third-order valence-electron chi connectivity index (χ3n) is 3.48. The van der Waals surface area contributed by atoms with Gasteiger partial charge in [-0.3, -0.25) is 9.69 Å². The second-order valence-corrected chi connectivity index (χ2v) is 4.92. The van der Waals surface area contributed by atoms with E-state index in [2.05, 4.69) is 0 Å². The van der Waals surface area contributed by atoms with E-state index in [1.54, 1.807) is 6.92 Å². The van der Waals surface area contributed by atoms with Crippen LogP contribution in [0.15, 0.2) is 18.2 Å². The number of carbonyl (C=O) groups is 1. The Hall–Kier alpha value is -1.29. The normalized spacial score (nSPS) is 20.9. The van der Waals surface area contributed by atoms with Gasteiger partial charge in [0.1, 0.15) is 17.4 Å². The molecule has 1 atom stereocenters. The van der Waals surface area contributed by atoms with E-state index < -0.39 is 5.82 Å². The molecule has 0 bridgehead atoms. The van der Waals surface area contributed by atoms with Crippen LogP contribution in [0.2, 0.25) is 0 Å². The van der Waals surface area contributed by atoms with Crippen molar-refractivity contribution in [2.45, 2.75) is 26.3 Å². The monoisotopic (exact) mass is 253 g/mol. The highest BCUT2D eigenvalue weighted by Crippen LogP contribution is 2.20. The first-order valence-corrected chi connectivity index (χ1v) is 6.23. The number of likely N-dealkylation sites (tertiary alicyclic amines) is 1. The first-order chi connectivity index (χ1) is 8.56. The number of piperidine rings is 1. The van der Waals surface area contributed by atoms with E-state index in [9.17, 15) is 13.6 Å². The number of rotatable bonds is 3. The van der Waals surface area contributed by atoms with E-state index in [4.69, 9.17) is 0 Å². The first kappa shape index (κ1) is 13.1. The Morgan fingerprint density at radius 1 is 1.44 bits per heavy atom. The zero-order valence-electron chi connectivity index (χ0n) is 10.5. The molecule has 0 N–H and O–H groups in total. The maximum Gasteiger partial charge on any atom is 0.134 e. The minimum atomic E-state index is -0.425. The van der Waals surface area contributed by atoms with Crippen LogP contribution in [-0.2, 0) is 11.3 Å². The van der Waals surface area contributed by atoms with E-state index in [-0.39, 0.29) is 17.5 Å². The van der Waals surface area contributed by atoms with Crippen LogP contribution in [0.4, 0.5) is 8.78 Å². The highest BCUT2D eigenvalue weighted by Gasteiger charge is 2.23. The molecule has 1 aliphatic heterocycles. The Balaban J connectivity index is 2.04. The summed E-state index contributed by atoms with van der Waals surface area (Å²) < 4.78 is 26.6. The number of hydrogen-bond donors (Lipinski definition) is 0. The third-order valence-corrected chi connectivity index (χ3v) is 3.48. The van der Waals surface area contributed by atoms with Crippen LogP contribution in [-0.4, -0.2) is 23.8 Å². The van der Waals surface area contributed by atoms with Gasteiger partial charge in [0.2, 0.25) is 0 Å². The van der Waals surface area contributed by atoms with Gasteiger partial charge >= 0.3 is 0 Å². The summed E-state index contributed by atoms with van der Waals surface area (Å²) in [5, 5.41) is 0. The molecular weight excluding hydrogens is 236 g/mol. The van der Waals surface area contributed by atoms with Crippen LogP contribution in [0, 0.1) is 17.6 Å². The lowest BCUT2D eigenvalue weighted by Gasteiger charge is -2.31. The summed E-state index contributed by atoms with van der Waals surface area (Å²) in [6.07, 6.45) is 1.83. The first-order valence-electron chi connectivity index (χ1n) is 6.23. The smallest absolute Gasteiger partial charge is 0.134 e. The molecule has 1 aromatic carbocycles. The fourth-order valence-electron chi connectivity index (χ4n) is 2.44. The van der Waals surface area contributed by atoms with Crippen molar-refractivity contribution in [1.29, 1.82) is 0 Å². The lowest BCUT2D eigenvalue weighted by molar-refractivity contribution is -0.122. The Morgan fingerprint density at radius 2 is 2.22 bits per heavy atom. The summed E-state index contributed by atoms with van der Waals surface area (Å²) in [5.74, 6) is -0.595. The molecule has 1 unspecified atom stereocenters. The van der Waals surface area contributed by atoms with Gasteiger partial charge in [0.05, 0.1) is 0 Å². The van der Waals surface area contributed by atoms with Crippen LogP contribution in [0.5, 0.6) is 0 Å². The minimum absolute atomic E-state index is 0.0374. The quantitative estimate of drug-likeness (QED) is 0.825. The van der Waals surface area contributed by atoms with Crippen LogP contribution in [0.1, 0.15) is 25.3 Å². The van der Waals surface area contributed by atoms with Gasteiger partial charge in [-0.25, -0.2) is 8.78 Å². The molecule has 0 spiro atoms. The number of ketones is 1. The Morgan fingerprint density at radius 3 is 2.94 bits per heavy atom. The van der Waals surface area contributed by atoms with Gasteiger partial charge in [0.15, 0.2) is 0 Å². The zero-order chi connectivity index (χ0) is 13.1. The molecular formula is C14H17F2NO. The molecule has 1 heterocycles. The molecule has 4 heteroatoms. The second kappa shape index (κ2) is 5.57. The van der Waals surface area contributed by atoms with Crippen LogP contribution >= 0.6 is 0 Å². The van der Waals surface area contributed by atoms with Crippen molar-refractivity contribution < 1.29 is 13.6 Å². The van der Waals surface area contributed by atoms with E-state index in [0.29, 0.717) is 18.7 Å². The Bertz CT molecular complexity index is 447. The van der Waals surface area contributed by atoms with Crippen LogP contribution < -0.4 is 0 Å². The number of Topliss-reactive ketones (excluding diaryl/α,β-unsaturated/α-hetero) is 1. The minimum Gasteiger partial charge on any atom is -0.300 e. The molecule has 2 rings (SSSR count). The predicted molar refractivity (Wildman–Crippen MR) is 65.0 cm³/mol. The van der Waals surface area contributed by atoms with E-state index in [1.165, 1.54) is 6.07 Å². The van der Waals surface area contributed by atoms with Crippen molar-refractivity contribution in [2.24, 2.45) is 5.92 Å². The highest BCUT2D eigenvalue weighted by atomic mass is 19.1. The number of hydrogen-bond acceptors (Lipinski definition) is 2. The largest absolute Gasteiger partial charge is 0.300 e. The average Bonchev–Trinajstić information content (AvgIpc) is 2.34. The maximum atomic E-state index is 13.5. The standard InChI is InChI=1S/C14H17F2NO/c1-10(18)11-3-2-6-17(8-11)9-12-7-13(15)4-5-14(12)16/h4-5,7,11H,2-3,6,8-9H2,1H3. The van der Waals surface area contributed by atoms with Gasteiger partial charge < -0.3 is 0 Å². The Labute approximate surface area is 106 Å². The molecule has 2 nitrogen and oxygen atoms in total. The van der Waals surface area contributed by atoms with Gasteiger partial charge in [-0.1, -0.05) is 0 Å². The van der Waals surface area contributed by atoms with Gasteiger partial charge in [-0.2, -0.15) is 0 Å². The molecule has 0 radical (unpaired) electrons. The highest BCUT2D eigenvalue weighted by molar-refractivity contribution is 5.78. The molecule has 0 aromatic heterocycles. The average molecular weight is 253 g/mol. The summed E-state index contributed by atoms with van der Waals surface area (Å²) in [5.41, 5.74) is 0.360. The molecule has 1 aromatic rings. The number of carbonyl (C=O) groups excluding carboxylic acids is 1. The molecule has 18 heavy (non-hydrogen) atoms. The van der Waals surface area contributed by atoms with Crippen LogP contribution in [0.25, 0.3) is 0 Å². The SMILES string of the molecule is CC(=O)C1CCCN(Cc2cc(F)ccc2F)C1. The topological polar surface area (TPSA) is 20.3 Å². The molecule has 1 saturated heterocycles. The molecule has 98 valence electrons. The van der Waals surface area contributed by atoms with Gasteiger partial charge in [0.25, 0.3) is 0 Å². The summed E-state index contributed by atoms with van der Waals surface area (Å²) in [7, 11) is 0. The fraction of sp³-hybridized carbons (Fsp3) is 0.500. The maximum absolute atomic E-state index is 13.5. The zero-order valence-corrected chi connectivity index (χ0v) is 10.5. The molecule has 1 aliphatic rings. The van der Waals surface area contributed by atoms with Gasteiger partial charge in [-0.15, -0.1) is 0 Å². The molecule has 0 aliphatic carbocycles. The van der Waals surface area contributed by atoms with Crippen molar-refractivity contribution in [3.05, 3.63) is 35.4 Å². The van der Waals surface area contributed by atoms with E-state index in [1.807, 2.05) is 4.90 Å².